The van der Waals surface area contributed by atoms with Crippen molar-refractivity contribution in [1.82, 2.24) is 14.4 Å². The number of aromatic carboxylic acids is 1. The second kappa shape index (κ2) is 6.31. The summed E-state index contributed by atoms with van der Waals surface area (Å²) in [6, 6.07) is 12.7. The number of carboxylic acid groups (broad SMARTS) is 1. The van der Waals surface area contributed by atoms with Crippen LogP contribution in [0.3, 0.4) is 0 Å². The Kier molecular flexibility index (Phi) is 3.65. The van der Waals surface area contributed by atoms with Crippen molar-refractivity contribution in [3.63, 3.8) is 0 Å². The molecule has 5 rings (SSSR count). The Morgan fingerprint density at radius 3 is 2.82 bits per heavy atom. The summed E-state index contributed by atoms with van der Waals surface area (Å²) in [7, 11) is 0. The summed E-state index contributed by atoms with van der Waals surface area (Å²) in [5.74, 6) is -0.356. The summed E-state index contributed by atoms with van der Waals surface area (Å²) in [4.78, 5) is 24.5. The van der Waals surface area contributed by atoms with E-state index in [-0.39, 0.29) is 5.56 Å². The number of benzene rings is 2. The molecule has 2 N–H and O–H groups in total. The Hall–Kier alpha value is -4.00. The van der Waals surface area contributed by atoms with Gasteiger partial charge in [0.2, 0.25) is 0 Å². The lowest BCUT2D eigenvalue weighted by molar-refractivity contribution is 0.0697. The molecule has 0 saturated carbocycles. The van der Waals surface area contributed by atoms with Gasteiger partial charge in [0.1, 0.15) is 0 Å². The molecule has 7 heteroatoms. The number of imidazole rings is 1. The number of hydrogen-bond acceptors (Lipinski definition) is 5. The second-order valence-electron chi connectivity index (χ2n) is 6.52. The van der Waals surface area contributed by atoms with E-state index in [0.717, 1.165) is 22.5 Å². The average Bonchev–Trinajstić information content (AvgIpc) is 3.37. The minimum absolute atomic E-state index is 0.235. The smallest absolute Gasteiger partial charge is 0.335 e. The number of aromatic nitrogens is 3. The Balaban J connectivity index is 1.55. The van der Waals surface area contributed by atoms with Crippen LogP contribution in [0.1, 0.15) is 21.5 Å². The molecular weight excluding hydrogens is 354 g/mol. The summed E-state index contributed by atoms with van der Waals surface area (Å²) in [6.45, 7) is 0.692. The quantitative estimate of drug-likeness (QED) is 0.571. The molecule has 3 heterocycles. The number of aliphatic imine (C=N–C) groups is 1. The number of carbonyl (C=O) groups is 1. The Labute approximate surface area is 160 Å². The van der Waals surface area contributed by atoms with Crippen LogP contribution in [0, 0.1) is 0 Å². The molecular formula is C21H15N5O2. The van der Waals surface area contributed by atoms with Crippen LogP contribution in [0.5, 0.6) is 0 Å². The minimum Gasteiger partial charge on any atom is -0.478 e. The third-order valence-electron chi connectivity index (χ3n) is 4.70. The van der Waals surface area contributed by atoms with E-state index in [0.29, 0.717) is 18.0 Å². The fourth-order valence-electron chi connectivity index (χ4n) is 3.26. The number of nitrogens with one attached hydrogen (secondary N) is 1. The average molecular weight is 369 g/mol. The zero-order valence-corrected chi connectivity index (χ0v) is 14.7. The van der Waals surface area contributed by atoms with Gasteiger partial charge in [-0.3, -0.25) is 4.99 Å². The highest BCUT2D eigenvalue weighted by atomic mass is 16.4. The standard InChI is InChI=1S/C21H15N5O2/c27-21(28)13-3-5-17(6-4-13)24-19-20-23-7-8-26(20)12-18(25-19)14-1-2-15-10-22-11-16(15)9-14/h1-10,12H,11H2,(H,24,25)(H,27,28). The van der Waals surface area contributed by atoms with Crippen LogP contribution in [-0.2, 0) is 6.54 Å². The number of anilines is 2. The first-order valence-corrected chi connectivity index (χ1v) is 8.74. The molecule has 136 valence electrons. The van der Waals surface area contributed by atoms with Gasteiger partial charge in [-0.1, -0.05) is 12.1 Å². The minimum atomic E-state index is -0.956. The molecule has 2 aromatic carbocycles. The zero-order valence-electron chi connectivity index (χ0n) is 14.7. The Bertz CT molecular complexity index is 1240. The maximum Gasteiger partial charge on any atom is 0.335 e. The molecule has 2 aromatic heterocycles. The number of rotatable bonds is 4. The molecule has 0 unspecified atom stereocenters. The first-order chi connectivity index (χ1) is 13.7. The van der Waals surface area contributed by atoms with E-state index in [1.807, 2.05) is 29.1 Å². The van der Waals surface area contributed by atoms with Crippen LogP contribution in [0.4, 0.5) is 11.5 Å². The topological polar surface area (TPSA) is 91.9 Å². The third kappa shape index (κ3) is 2.79. The van der Waals surface area contributed by atoms with Crippen LogP contribution in [0.15, 0.2) is 66.0 Å². The van der Waals surface area contributed by atoms with Gasteiger partial charge in [-0.2, -0.15) is 0 Å². The van der Waals surface area contributed by atoms with Gasteiger partial charge < -0.3 is 14.8 Å². The van der Waals surface area contributed by atoms with Crippen LogP contribution in [0.25, 0.3) is 16.9 Å². The van der Waals surface area contributed by atoms with Gasteiger partial charge in [0.15, 0.2) is 11.5 Å². The first-order valence-electron chi connectivity index (χ1n) is 8.74. The van der Waals surface area contributed by atoms with Gasteiger partial charge in [0.25, 0.3) is 0 Å². The van der Waals surface area contributed by atoms with Crippen LogP contribution < -0.4 is 5.32 Å². The predicted molar refractivity (Wildman–Crippen MR) is 106 cm³/mol. The lowest BCUT2D eigenvalue weighted by atomic mass is 10.0. The lowest BCUT2D eigenvalue weighted by Crippen LogP contribution is -2.01. The number of nitrogens with zero attached hydrogens (tertiary/aromatic N) is 4. The van der Waals surface area contributed by atoms with E-state index in [2.05, 4.69) is 27.4 Å². The molecule has 0 radical (unpaired) electrons. The van der Waals surface area contributed by atoms with Gasteiger partial charge in [0.05, 0.1) is 17.8 Å². The fraction of sp³-hybridized carbons (Fsp3) is 0.0476. The summed E-state index contributed by atoms with van der Waals surface area (Å²) < 4.78 is 1.92. The van der Waals surface area contributed by atoms with Gasteiger partial charge >= 0.3 is 5.97 Å². The van der Waals surface area contributed by atoms with E-state index < -0.39 is 5.97 Å². The van der Waals surface area contributed by atoms with Crippen molar-refractivity contribution in [1.29, 1.82) is 0 Å². The number of fused-ring (bicyclic) bond motifs is 2. The maximum absolute atomic E-state index is 11.0. The van der Waals surface area contributed by atoms with Gasteiger partial charge in [-0.15, -0.1) is 0 Å². The van der Waals surface area contributed by atoms with Crippen molar-refractivity contribution in [2.45, 2.75) is 6.54 Å². The maximum atomic E-state index is 11.0. The van der Waals surface area contributed by atoms with Crippen molar-refractivity contribution in [2.24, 2.45) is 4.99 Å². The highest BCUT2D eigenvalue weighted by Gasteiger charge is 2.13. The monoisotopic (exact) mass is 369 g/mol. The molecule has 1 aliphatic heterocycles. The molecule has 0 spiro atoms. The molecule has 28 heavy (non-hydrogen) atoms. The van der Waals surface area contributed by atoms with E-state index in [1.165, 1.54) is 5.56 Å². The van der Waals surface area contributed by atoms with Crippen LogP contribution in [0.2, 0.25) is 0 Å². The van der Waals surface area contributed by atoms with E-state index in [1.54, 1.807) is 30.5 Å². The van der Waals surface area contributed by atoms with Crippen molar-refractivity contribution in [3.8, 4) is 11.3 Å². The molecule has 0 atom stereocenters. The fourth-order valence-corrected chi connectivity index (χ4v) is 3.26. The highest BCUT2D eigenvalue weighted by molar-refractivity contribution is 5.88. The van der Waals surface area contributed by atoms with E-state index >= 15 is 0 Å². The first kappa shape index (κ1) is 16.2. The highest BCUT2D eigenvalue weighted by Crippen LogP contribution is 2.27. The molecule has 1 aliphatic rings. The van der Waals surface area contributed by atoms with Gasteiger partial charge in [-0.05, 0) is 41.5 Å². The van der Waals surface area contributed by atoms with Crippen LogP contribution >= 0.6 is 0 Å². The third-order valence-corrected chi connectivity index (χ3v) is 4.70. The number of hydrogen-bond donors (Lipinski definition) is 2. The molecule has 7 nitrogen and oxygen atoms in total. The lowest BCUT2D eigenvalue weighted by Gasteiger charge is -2.11. The summed E-state index contributed by atoms with van der Waals surface area (Å²) >= 11 is 0. The van der Waals surface area contributed by atoms with Gasteiger partial charge in [-0.25, -0.2) is 14.8 Å². The van der Waals surface area contributed by atoms with Crippen molar-refractivity contribution in [3.05, 3.63) is 77.7 Å². The Morgan fingerprint density at radius 1 is 1.14 bits per heavy atom. The zero-order chi connectivity index (χ0) is 19.1. The number of carboxylic acids is 1. The van der Waals surface area contributed by atoms with Gasteiger partial charge in [0, 0.05) is 36.1 Å². The second-order valence-corrected chi connectivity index (χ2v) is 6.52. The molecule has 0 aliphatic carbocycles. The van der Waals surface area contributed by atoms with E-state index in [9.17, 15) is 4.79 Å². The molecule has 0 fully saturated rings. The van der Waals surface area contributed by atoms with Crippen molar-refractivity contribution in [2.75, 3.05) is 5.32 Å². The summed E-state index contributed by atoms with van der Waals surface area (Å²) in [5.41, 5.74) is 5.80. The normalized spacial score (nSPS) is 12.3. The van der Waals surface area contributed by atoms with Crippen molar-refractivity contribution >= 4 is 29.3 Å². The predicted octanol–water partition coefficient (Wildman–Crippen LogP) is 3.77. The molecule has 0 bridgehead atoms. The molecule has 4 aromatic rings. The van der Waals surface area contributed by atoms with Crippen LogP contribution in [-0.4, -0.2) is 31.7 Å². The van der Waals surface area contributed by atoms with E-state index in [4.69, 9.17) is 10.1 Å². The largest absolute Gasteiger partial charge is 0.478 e. The molecule has 0 saturated heterocycles. The summed E-state index contributed by atoms with van der Waals surface area (Å²) in [5, 5.41) is 12.3. The molecule has 0 amide bonds. The Morgan fingerprint density at radius 2 is 2.00 bits per heavy atom. The summed E-state index contributed by atoms with van der Waals surface area (Å²) in [6.07, 6.45) is 7.42. The SMILES string of the molecule is O=C(O)c1ccc(Nc2nc(-c3ccc4c(c3)CN=C4)cn3ccnc23)cc1. The van der Waals surface area contributed by atoms with Crippen molar-refractivity contribution < 1.29 is 9.90 Å².